The highest BCUT2D eigenvalue weighted by atomic mass is 19.1. The summed E-state index contributed by atoms with van der Waals surface area (Å²) in [4.78, 5) is 0. The number of halogens is 1. The highest BCUT2D eigenvalue weighted by Gasteiger charge is 2.27. The third kappa shape index (κ3) is 2.21. The van der Waals surface area contributed by atoms with Crippen molar-refractivity contribution in [2.24, 2.45) is 0 Å². The zero-order valence-electron chi connectivity index (χ0n) is 12.5. The highest BCUT2D eigenvalue weighted by molar-refractivity contribution is 5.71. The molecule has 2 heterocycles. The molecule has 0 radical (unpaired) electrons. The Balaban J connectivity index is 1.99. The number of benzene rings is 2. The van der Waals surface area contributed by atoms with Crippen LogP contribution in [-0.4, -0.2) is 14.9 Å². The van der Waals surface area contributed by atoms with E-state index in [1.165, 1.54) is 12.1 Å². The summed E-state index contributed by atoms with van der Waals surface area (Å²) in [6.07, 6.45) is -0.736. The summed E-state index contributed by atoms with van der Waals surface area (Å²) < 4.78 is 21.1. The highest BCUT2D eigenvalue weighted by Crippen LogP contribution is 2.38. The normalized spacial score (nSPS) is 13.9. The van der Waals surface area contributed by atoms with Crippen LogP contribution in [0.2, 0.25) is 0 Å². The second kappa shape index (κ2) is 5.21. The van der Waals surface area contributed by atoms with E-state index < -0.39 is 6.10 Å². The summed E-state index contributed by atoms with van der Waals surface area (Å²) in [6, 6.07) is 14.1. The molecule has 116 valence electrons. The lowest BCUT2D eigenvalue weighted by Gasteiger charge is -2.20. The van der Waals surface area contributed by atoms with Crippen molar-refractivity contribution in [1.82, 2.24) is 9.78 Å². The Labute approximate surface area is 132 Å². The van der Waals surface area contributed by atoms with Gasteiger partial charge in [-0.05, 0) is 24.6 Å². The van der Waals surface area contributed by atoms with Crippen molar-refractivity contribution < 1.29 is 14.2 Å². The van der Waals surface area contributed by atoms with Crippen LogP contribution in [0, 0.1) is 5.82 Å². The lowest BCUT2D eigenvalue weighted by molar-refractivity contribution is 0.194. The number of nitrogens with zero attached hydrogens (tertiary/aromatic N) is 2. The number of rotatable bonds is 2. The fourth-order valence-corrected chi connectivity index (χ4v) is 2.94. The quantitative estimate of drug-likeness (QED) is 0.786. The van der Waals surface area contributed by atoms with Gasteiger partial charge < -0.3 is 9.84 Å². The van der Waals surface area contributed by atoms with E-state index in [0.717, 1.165) is 16.8 Å². The number of hydrogen-bond acceptors (Lipinski definition) is 3. The molecule has 1 aliphatic heterocycles. The van der Waals surface area contributed by atoms with Crippen LogP contribution < -0.4 is 4.74 Å². The first-order valence-electron chi connectivity index (χ1n) is 7.43. The number of aliphatic hydroxyl groups excluding tert-OH is 1. The Bertz CT molecular complexity index is 872. The van der Waals surface area contributed by atoms with Gasteiger partial charge in [0.15, 0.2) is 0 Å². The van der Waals surface area contributed by atoms with Crippen molar-refractivity contribution in [1.29, 1.82) is 0 Å². The number of fused-ring (bicyclic) bond motifs is 3. The first-order valence-corrected chi connectivity index (χ1v) is 7.43. The Hall–Kier alpha value is -2.66. The van der Waals surface area contributed by atoms with Crippen LogP contribution in [0.4, 0.5) is 4.39 Å². The number of aliphatic hydroxyl groups is 1. The fraction of sp³-hybridized carbons (Fsp3) is 0.167. The molecule has 0 amide bonds. The first kappa shape index (κ1) is 14.0. The Morgan fingerprint density at radius 3 is 2.74 bits per heavy atom. The molecule has 0 aliphatic carbocycles. The van der Waals surface area contributed by atoms with Crippen LogP contribution in [0.1, 0.15) is 24.4 Å². The molecule has 1 unspecified atom stereocenters. The van der Waals surface area contributed by atoms with Crippen molar-refractivity contribution in [3.8, 4) is 22.6 Å². The van der Waals surface area contributed by atoms with E-state index in [1.54, 1.807) is 17.7 Å². The van der Waals surface area contributed by atoms with Crippen LogP contribution in [0.15, 0.2) is 48.5 Å². The maximum absolute atomic E-state index is 13.6. The van der Waals surface area contributed by atoms with Gasteiger partial charge >= 0.3 is 0 Å². The molecule has 4 nitrogen and oxygen atoms in total. The van der Waals surface area contributed by atoms with Crippen molar-refractivity contribution in [3.05, 3.63) is 65.7 Å². The minimum atomic E-state index is -0.736. The van der Waals surface area contributed by atoms with E-state index >= 15 is 0 Å². The van der Waals surface area contributed by atoms with E-state index in [2.05, 4.69) is 5.10 Å². The van der Waals surface area contributed by atoms with E-state index in [9.17, 15) is 9.50 Å². The van der Waals surface area contributed by atoms with Gasteiger partial charge in [-0.2, -0.15) is 5.10 Å². The predicted molar refractivity (Wildman–Crippen MR) is 83.9 cm³/mol. The second-order valence-electron chi connectivity index (χ2n) is 5.56. The average molecular weight is 310 g/mol. The maximum Gasteiger partial charge on any atom is 0.145 e. The molecule has 2 aromatic carbocycles. The molecule has 23 heavy (non-hydrogen) atoms. The van der Waals surface area contributed by atoms with Gasteiger partial charge in [-0.1, -0.05) is 30.3 Å². The number of ether oxygens (including phenoxy) is 1. The van der Waals surface area contributed by atoms with E-state index in [0.29, 0.717) is 23.7 Å². The molecule has 5 heteroatoms. The van der Waals surface area contributed by atoms with Crippen molar-refractivity contribution >= 4 is 0 Å². The largest absolute Gasteiger partial charge is 0.485 e. The van der Waals surface area contributed by atoms with Gasteiger partial charge in [0, 0.05) is 11.6 Å². The van der Waals surface area contributed by atoms with Gasteiger partial charge in [0.1, 0.15) is 23.9 Å². The van der Waals surface area contributed by atoms with Crippen molar-refractivity contribution in [2.45, 2.75) is 19.6 Å². The minimum absolute atomic E-state index is 0.322. The van der Waals surface area contributed by atoms with Crippen molar-refractivity contribution in [2.75, 3.05) is 0 Å². The number of aromatic nitrogens is 2. The summed E-state index contributed by atoms with van der Waals surface area (Å²) >= 11 is 0. The third-order valence-electron chi connectivity index (χ3n) is 3.98. The minimum Gasteiger partial charge on any atom is -0.485 e. The van der Waals surface area contributed by atoms with E-state index in [1.807, 2.05) is 30.3 Å². The molecular weight excluding hydrogens is 295 g/mol. The van der Waals surface area contributed by atoms with Gasteiger partial charge in [-0.3, -0.25) is 0 Å². The molecule has 1 aliphatic rings. The molecule has 0 spiro atoms. The zero-order valence-corrected chi connectivity index (χ0v) is 12.5. The van der Waals surface area contributed by atoms with Crippen LogP contribution in [0.5, 0.6) is 5.75 Å². The Morgan fingerprint density at radius 2 is 2.00 bits per heavy atom. The molecule has 0 fully saturated rings. The molecule has 1 atom stereocenters. The Morgan fingerprint density at radius 1 is 1.22 bits per heavy atom. The summed E-state index contributed by atoms with van der Waals surface area (Å²) in [5, 5.41) is 14.7. The van der Waals surface area contributed by atoms with Gasteiger partial charge in [0.25, 0.3) is 0 Å². The molecule has 0 saturated heterocycles. The monoisotopic (exact) mass is 310 g/mol. The van der Waals surface area contributed by atoms with Crippen LogP contribution >= 0.6 is 0 Å². The molecular formula is C18H15FN2O2. The van der Waals surface area contributed by atoms with Crippen LogP contribution in [0.25, 0.3) is 16.8 Å². The van der Waals surface area contributed by atoms with Crippen LogP contribution in [-0.2, 0) is 6.61 Å². The molecule has 4 rings (SSSR count). The Kier molecular flexibility index (Phi) is 3.16. The van der Waals surface area contributed by atoms with Crippen LogP contribution in [0.3, 0.4) is 0 Å². The predicted octanol–water partition coefficient (Wildman–Crippen LogP) is 3.62. The fourth-order valence-electron chi connectivity index (χ4n) is 2.94. The van der Waals surface area contributed by atoms with Gasteiger partial charge in [-0.15, -0.1) is 0 Å². The molecule has 3 aromatic rings. The third-order valence-corrected chi connectivity index (χ3v) is 3.98. The van der Waals surface area contributed by atoms with Gasteiger partial charge in [0.2, 0.25) is 0 Å². The van der Waals surface area contributed by atoms with Gasteiger partial charge in [0.05, 0.1) is 17.5 Å². The zero-order chi connectivity index (χ0) is 16.0. The molecule has 0 bridgehead atoms. The lowest BCUT2D eigenvalue weighted by atomic mass is 10.0. The first-order chi connectivity index (χ1) is 11.1. The van der Waals surface area contributed by atoms with Gasteiger partial charge in [-0.25, -0.2) is 9.07 Å². The topological polar surface area (TPSA) is 47.3 Å². The standard InChI is InChI=1S/C18H15FN2O2/c1-11(22)18-17(12-5-3-2-4-6-12)15-10-23-16-8-7-13(19)9-14(16)21(15)20-18/h2-9,11,22H,10H2,1H3. The summed E-state index contributed by atoms with van der Waals surface area (Å²) in [5.74, 6) is 0.230. The maximum atomic E-state index is 13.6. The molecule has 0 saturated carbocycles. The van der Waals surface area contributed by atoms with Crippen molar-refractivity contribution in [3.63, 3.8) is 0 Å². The van der Waals surface area contributed by atoms with E-state index in [4.69, 9.17) is 4.74 Å². The van der Waals surface area contributed by atoms with E-state index in [-0.39, 0.29) is 5.82 Å². The molecule has 1 aromatic heterocycles. The lowest BCUT2D eigenvalue weighted by Crippen LogP contribution is -2.14. The summed E-state index contributed by atoms with van der Waals surface area (Å²) in [5.41, 5.74) is 3.72. The summed E-state index contributed by atoms with van der Waals surface area (Å²) in [6.45, 7) is 2.00. The smallest absolute Gasteiger partial charge is 0.145 e. The summed E-state index contributed by atoms with van der Waals surface area (Å²) in [7, 11) is 0. The number of hydrogen-bond donors (Lipinski definition) is 1. The molecule has 1 N–H and O–H groups in total. The average Bonchev–Trinajstić information content (AvgIpc) is 2.96. The SMILES string of the molecule is CC(O)c1nn2c(c1-c1ccccc1)COc1ccc(F)cc1-2. The second-order valence-corrected chi connectivity index (χ2v) is 5.56.